The van der Waals surface area contributed by atoms with Crippen LogP contribution in [0, 0.1) is 0 Å². The molecular weight excluding hydrogens is 214 g/mol. The van der Waals surface area contributed by atoms with Gasteiger partial charge in [0.25, 0.3) is 0 Å². The van der Waals surface area contributed by atoms with Gasteiger partial charge >= 0.3 is 0 Å². The van der Waals surface area contributed by atoms with Gasteiger partial charge in [-0.15, -0.1) is 0 Å². The first kappa shape index (κ1) is 11.9. The van der Waals surface area contributed by atoms with E-state index in [1.165, 1.54) is 0 Å². The third-order valence-corrected chi connectivity index (χ3v) is 2.98. The lowest BCUT2D eigenvalue weighted by molar-refractivity contribution is 0.476. The Morgan fingerprint density at radius 2 is 2.29 bits per heavy atom. The Hall–Kier alpha value is -1.55. The molecule has 1 heterocycles. The van der Waals surface area contributed by atoms with Gasteiger partial charge in [0.2, 0.25) is 0 Å². The van der Waals surface area contributed by atoms with Gasteiger partial charge in [-0.25, -0.2) is 4.98 Å². The van der Waals surface area contributed by atoms with Gasteiger partial charge in [0.15, 0.2) is 0 Å². The number of hydrogen-bond acceptors (Lipinski definition) is 3. The molecule has 0 radical (unpaired) electrons. The number of fused-ring (bicyclic) bond motifs is 1. The van der Waals surface area contributed by atoms with E-state index in [2.05, 4.69) is 29.1 Å². The molecule has 1 atom stereocenters. The van der Waals surface area contributed by atoms with Gasteiger partial charge in [-0.1, -0.05) is 6.92 Å². The smallest absolute Gasteiger partial charge is 0.117 e. The number of H-pyrrole nitrogens is 1. The van der Waals surface area contributed by atoms with Crippen molar-refractivity contribution in [2.75, 3.05) is 6.54 Å². The van der Waals surface area contributed by atoms with Crippen LogP contribution in [-0.2, 0) is 6.42 Å². The minimum atomic E-state index is 0.269. The predicted octanol–water partition coefficient (Wildman–Crippen LogP) is 2.20. The molecular formula is C13H19N3O. The number of nitrogens with one attached hydrogen (secondary N) is 2. The fourth-order valence-corrected chi connectivity index (χ4v) is 1.75. The summed E-state index contributed by atoms with van der Waals surface area (Å²) in [7, 11) is 0. The first-order valence-electron chi connectivity index (χ1n) is 6.10. The number of aromatic amines is 1. The number of aromatic nitrogens is 2. The summed E-state index contributed by atoms with van der Waals surface area (Å²) >= 11 is 0. The van der Waals surface area contributed by atoms with Crippen LogP contribution in [-0.4, -0.2) is 27.7 Å². The zero-order valence-electron chi connectivity index (χ0n) is 10.3. The van der Waals surface area contributed by atoms with Crippen molar-refractivity contribution in [3.05, 3.63) is 24.0 Å². The van der Waals surface area contributed by atoms with Crippen molar-refractivity contribution < 1.29 is 5.11 Å². The molecule has 4 heteroatoms. The van der Waals surface area contributed by atoms with E-state index in [1.807, 2.05) is 6.07 Å². The van der Waals surface area contributed by atoms with Crippen molar-refractivity contribution in [1.82, 2.24) is 15.3 Å². The van der Waals surface area contributed by atoms with Crippen LogP contribution in [0.25, 0.3) is 11.0 Å². The van der Waals surface area contributed by atoms with Gasteiger partial charge in [-0.05, 0) is 25.5 Å². The largest absolute Gasteiger partial charge is 0.508 e. The molecule has 0 saturated heterocycles. The molecule has 0 aliphatic carbocycles. The number of phenolic OH excluding ortho intramolecular Hbond substituents is 1. The van der Waals surface area contributed by atoms with Crippen LogP contribution in [0.5, 0.6) is 5.75 Å². The normalized spacial score (nSPS) is 13.1. The van der Waals surface area contributed by atoms with Gasteiger partial charge < -0.3 is 15.4 Å². The van der Waals surface area contributed by atoms with E-state index in [1.54, 1.807) is 12.1 Å². The number of phenols is 1. The van der Waals surface area contributed by atoms with Gasteiger partial charge in [0.1, 0.15) is 11.6 Å². The van der Waals surface area contributed by atoms with E-state index in [-0.39, 0.29) is 5.75 Å². The van der Waals surface area contributed by atoms with Crippen molar-refractivity contribution >= 4 is 11.0 Å². The zero-order chi connectivity index (χ0) is 12.3. The number of aromatic hydroxyl groups is 1. The predicted molar refractivity (Wildman–Crippen MR) is 69.2 cm³/mol. The van der Waals surface area contributed by atoms with Crippen molar-refractivity contribution in [2.45, 2.75) is 32.7 Å². The lowest BCUT2D eigenvalue weighted by Gasteiger charge is -2.09. The molecule has 0 fully saturated rings. The molecule has 2 rings (SSSR count). The lowest BCUT2D eigenvalue weighted by Crippen LogP contribution is -2.27. The number of rotatable bonds is 5. The van der Waals surface area contributed by atoms with Crippen molar-refractivity contribution in [2.24, 2.45) is 0 Å². The summed E-state index contributed by atoms with van der Waals surface area (Å²) < 4.78 is 0. The second-order valence-corrected chi connectivity index (χ2v) is 4.40. The monoisotopic (exact) mass is 233 g/mol. The molecule has 3 N–H and O–H groups in total. The first-order chi connectivity index (χ1) is 8.19. The summed E-state index contributed by atoms with van der Waals surface area (Å²) in [6.45, 7) is 5.26. The Balaban J connectivity index is 1.99. The molecule has 4 nitrogen and oxygen atoms in total. The van der Waals surface area contributed by atoms with Gasteiger partial charge in [-0.3, -0.25) is 0 Å². The summed E-state index contributed by atoms with van der Waals surface area (Å²) in [5.41, 5.74) is 1.80. The maximum Gasteiger partial charge on any atom is 0.117 e. The number of hydrogen-bond donors (Lipinski definition) is 3. The second-order valence-electron chi connectivity index (χ2n) is 4.40. The standard InChI is InChI=1S/C13H19N3O/c1-3-9(2)14-7-6-13-15-11-5-4-10(17)8-12(11)16-13/h4-5,8-9,14,17H,3,6-7H2,1-2H3,(H,15,16). The molecule has 0 saturated carbocycles. The molecule has 0 amide bonds. The van der Waals surface area contributed by atoms with Crippen LogP contribution >= 0.6 is 0 Å². The maximum absolute atomic E-state index is 9.36. The van der Waals surface area contributed by atoms with Crippen LogP contribution in [0.4, 0.5) is 0 Å². The average molecular weight is 233 g/mol. The molecule has 1 aromatic heterocycles. The summed E-state index contributed by atoms with van der Waals surface area (Å²) in [4.78, 5) is 7.69. The highest BCUT2D eigenvalue weighted by molar-refractivity contribution is 5.76. The summed E-state index contributed by atoms with van der Waals surface area (Å²) in [5.74, 6) is 1.23. The van der Waals surface area contributed by atoms with E-state index in [0.717, 1.165) is 36.2 Å². The van der Waals surface area contributed by atoms with Crippen molar-refractivity contribution in [1.29, 1.82) is 0 Å². The Bertz CT molecular complexity index is 492. The molecule has 0 bridgehead atoms. The van der Waals surface area contributed by atoms with E-state index in [4.69, 9.17) is 0 Å². The van der Waals surface area contributed by atoms with E-state index < -0.39 is 0 Å². The second kappa shape index (κ2) is 5.19. The highest BCUT2D eigenvalue weighted by atomic mass is 16.3. The maximum atomic E-state index is 9.36. The lowest BCUT2D eigenvalue weighted by atomic mass is 10.2. The molecule has 2 aromatic rings. The van der Waals surface area contributed by atoms with E-state index in [0.29, 0.717) is 6.04 Å². The third-order valence-electron chi connectivity index (χ3n) is 2.98. The van der Waals surface area contributed by atoms with Crippen LogP contribution in [0.1, 0.15) is 26.1 Å². The highest BCUT2D eigenvalue weighted by Gasteiger charge is 2.04. The summed E-state index contributed by atoms with van der Waals surface area (Å²) in [5, 5.41) is 12.8. The molecule has 1 aromatic carbocycles. The Morgan fingerprint density at radius 3 is 3.06 bits per heavy atom. The fourth-order valence-electron chi connectivity index (χ4n) is 1.75. The fraction of sp³-hybridized carbons (Fsp3) is 0.462. The van der Waals surface area contributed by atoms with Crippen LogP contribution in [0.3, 0.4) is 0 Å². The first-order valence-corrected chi connectivity index (χ1v) is 6.10. The topological polar surface area (TPSA) is 60.9 Å². The van der Waals surface area contributed by atoms with Gasteiger partial charge in [0, 0.05) is 25.1 Å². The minimum absolute atomic E-state index is 0.269. The van der Waals surface area contributed by atoms with Gasteiger partial charge in [0.05, 0.1) is 11.0 Å². The molecule has 0 aliphatic rings. The quantitative estimate of drug-likeness (QED) is 0.742. The van der Waals surface area contributed by atoms with Gasteiger partial charge in [-0.2, -0.15) is 0 Å². The van der Waals surface area contributed by atoms with Crippen LogP contribution < -0.4 is 5.32 Å². The summed E-state index contributed by atoms with van der Waals surface area (Å²) in [6.07, 6.45) is 2.01. The van der Waals surface area contributed by atoms with Crippen LogP contribution in [0.15, 0.2) is 18.2 Å². The Labute approximate surface area is 101 Å². The zero-order valence-corrected chi connectivity index (χ0v) is 10.3. The number of benzene rings is 1. The molecule has 92 valence electrons. The number of nitrogens with zero attached hydrogens (tertiary/aromatic N) is 1. The number of imidazole rings is 1. The third kappa shape index (κ3) is 2.97. The van der Waals surface area contributed by atoms with Crippen LogP contribution in [0.2, 0.25) is 0 Å². The van der Waals surface area contributed by atoms with E-state index >= 15 is 0 Å². The summed E-state index contributed by atoms with van der Waals surface area (Å²) in [6, 6.07) is 5.73. The molecule has 0 spiro atoms. The van der Waals surface area contributed by atoms with E-state index in [9.17, 15) is 5.11 Å². The Morgan fingerprint density at radius 1 is 1.47 bits per heavy atom. The Kier molecular flexibility index (Phi) is 3.64. The molecule has 17 heavy (non-hydrogen) atoms. The minimum Gasteiger partial charge on any atom is -0.508 e. The average Bonchev–Trinajstić information content (AvgIpc) is 2.70. The molecule has 1 unspecified atom stereocenters. The van der Waals surface area contributed by atoms with Crippen molar-refractivity contribution in [3.8, 4) is 5.75 Å². The SMILES string of the molecule is CCC(C)NCCc1nc2ccc(O)cc2[nH]1. The molecule has 0 aliphatic heterocycles. The van der Waals surface area contributed by atoms with Crippen molar-refractivity contribution in [3.63, 3.8) is 0 Å². The highest BCUT2D eigenvalue weighted by Crippen LogP contribution is 2.17.